The highest BCUT2D eigenvalue weighted by molar-refractivity contribution is 7.15. The average Bonchev–Trinajstić information content (AvgIpc) is 3.06. The first kappa shape index (κ1) is 17.8. The first-order valence-electron chi connectivity index (χ1n) is 8.01. The van der Waals surface area contributed by atoms with Crippen LogP contribution >= 0.6 is 11.3 Å². The van der Waals surface area contributed by atoms with Crippen LogP contribution in [0.1, 0.15) is 27.6 Å². The van der Waals surface area contributed by atoms with Crippen LogP contribution < -0.4 is 5.32 Å². The molecule has 1 amide bonds. The normalized spacial score (nSPS) is 10.4. The number of anilines is 1. The summed E-state index contributed by atoms with van der Waals surface area (Å²) < 4.78 is 19.0. The van der Waals surface area contributed by atoms with E-state index in [0.717, 1.165) is 5.56 Å². The predicted octanol–water partition coefficient (Wildman–Crippen LogP) is 4.98. The Labute approximate surface area is 154 Å². The van der Waals surface area contributed by atoms with Crippen molar-refractivity contribution in [1.82, 2.24) is 0 Å². The van der Waals surface area contributed by atoms with Gasteiger partial charge in [-0.1, -0.05) is 42.5 Å². The number of amides is 1. The summed E-state index contributed by atoms with van der Waals surface area (Å²) in [5.74, 6) is -1.77. The van der Waals surface area contributed by atoms with E-state index in [9.17, 15) is 14.0 Å². The Bertz CT molecular complexity index is 937. The van der Waals surface area contributed by atoms with Gasteiger partial charge in [0.1, 0.15) is 16.4 Å². The molecule has 0 fully saturated rings. The van der Waals surface area contributed by atoms with Crippen LogP contribution in [0.2, 0.25) is 0 Å². The Balaban J connectivity index is 1.99. The number of rotatable bonds is 5. The van der Waals surface area contributed by atoms with Crippen LogP contribution in [-0.4, -0.2) is 18.5 Å². The zero-order valence-corrected chi connectivity index (χ0v) is 14.8. The lowest BCUT2D eigenvalue weighted by molar-refractivity contribution is 0.0529. The minimum atomic E-state index is -0.623. The van der Waals surface area contributed by atoms with Gasteiger partial charge in [0, 0.05) is 10.9 Å². The van der Waals surface area contributed by atoms with Crippen molar-refractivity contribution in [2.24, 2.45) is 0 Å². The van der Waals surface area contributed by atoms with Gasteiger partial charge in [-0.3, -0.25) is 4.79 Å². The van der Waals surface area contributed by atoms with Gasteiger partial charge in [0.2, 0.25) is 0 Å². The summed E-state index contributed by atoms with van der Waals surface area (Å²) in [7, 11) is 0. The highest BCUT2D eigenvalue weighted by Crippen LogP contribution is 2.36. The van der Waals surface area contributed by atoms with E-state index in [2.05, 4.69) is 5.32 Å². The number of halogens is 1. The number of thiophene rings is 1. The average molecular weight is 369 g/mol. The van der Waals surface area contributed by atoms with Crippen LogP contribution in [0.25, 0.3) is 11.1 Å². The van der Waals surface area contributed by atoms with E-state index in [1.807, 2.05) is 30.3 Å². The van der Waals surface area contributed by atoms with Crippen LogP contribution in [0.3, 0.4) is 0 Å². The second-order valence-corrected chi connectivity index (χ2v) is 6.25. The van der Waals surface area contributed by atoms with E-state index < -0.39 is 17.7 Å². The lowest BCUT2D eigenvalue weighted by Crippen LogP contribution is -2.16. The number of carbonyl (C=O) groups excluding carboxylic acids is 2. The minimum Gasteiger partial charge on any atom is -0.462 e. The summed E-state index contributed by atoms with van der Waals surface area (Å²) in [5, 5.41) is 4.74. The van der Waals surface area contributed by atoms with Crippen LogP contribution in [0.5, 0.6) is 0 Å². The van der Waals surface area contributed by atoms with Crippen LogP contribution in [0, 0.1) is 5.82 Å². The van der Waals surface area contributed by atoms with E-state index in [0.29, 0.717) is 10.6 Å². The molecule has 1 aromatic heterocycles. The highest BCUT2D eigenvalue weighted by atomic mass is 32.1. The van der Waals surface area contributed by atoms with E-state index >= 15 is 0 Å². The Morgan fingerprint density at radius 3 is 2.46 bits per heavy atom. The minimum absolute atomic E-state index is 0.0861. The fraction of sp³-hybridized carbons (Fsp3) is 0.100. The van der Waals surface area contributed by atoms with Crippen molar-refractivity contribution in [2.45, 2.75) is 6.92 Å². The monoisotopic (exact) mass is 369 g/mol. The van der Waals surface area contributed by atoms with E-state index in [1.165, 1.54) is 29.5 Å². The Morgan fingerprint density at radius 1 is 1.08 bits per heavy atom. The first-order valence-corrected chi connectivity index (χ1v) is 8.89. The van der Waals surface area contributed by atoms with Crippen molar-refractivity contribution in [3.05, 3.63) is 76.9 Å². The molecule has 0 saturated carbocycles. The Morgan fingerprint density at radius 2 is 1.77 bits per heavy atom. The predicted molar refractivity (Wildman–Crippen MR) is 100 cm³/mol. The summed E-state index contributed by atoms with van der Waals surface area (Å²) in [6.07, 6.45) is 0. The number of esters is 1. The molecule has 4 nitrogen and oxygen atoms in total. The van der Waals surface area contributed by atoms with Crippen LogP contribution in [0.4, 0.5) is 9.39 Å². The lowest BCUT2D eigenvalue weighted by atomic mass is 10.0. The molecular formula is C20H16FNO3S. The second-order valence-electron chi connectivity index (χ2n) is 5.37. The van der Waals surface area contributed by atoms with Crippen molar-refractivity contribution >= 4 is 28.2 Å². The Hall–Kier alpha value is -2.99. The van der Waals surface area contributed by atoms with Gasteiger partial charge in [0.25, 0.3) is 5.91 Å². The van der Waals surface area contributed by atoms with Crippen molar-refractivity contribution < 1.29 is 18.7 Å². The van der Waals surface area contributed by atoms with Gasteiger partial charge in [0.15, 0.2) is 0 Å². The number of hydrogen-bond acceptors (Lipinski definition) is 4. The standard InChI is InChI=1S/C20H16FNO3S/c1-2-25-20(24)17-15(13-8-4-3-5-9-13)12-26-19(17)22-18(23)14-10-6-7-11-16(14)21/h3-12H,2H2,1H3,(H,22,23). The number of nitrogens with one attached hydrogen (secondary N) is 1. The van der Waals surface area contributed by atoms with E-state index in [4.69, 9.17) is 4.74 Å². The molecule has 1 N–H and O–H groups in total. The quantitative estimate of drug-likeness (QED) is 0.645. The van der Waals surface area contributed by atoms with Gasteiger partial charge in [-0.15, -0.1) is 11.3 Å². The number of ether oxygens (including phenoxy) is 1. The molecule has 2 aromatic carbocycles. The molecule has 1 heterocycles. The number of hydrogen-bond donors (Lipinski definition) is 1. The third-order valence-corrected chi connectivity index (χ3v) is 4.60. The third-order valence-electron chi connectivity index (χ3n) is 3.70. The molecule has 0 atom stereocenters. The molecule has 6 heteroatoms. The summed E-state index contributed by atoms with van der Waals surface area (Å²) >= 11 is 1.20. The van der Waals surface area contributed by atoms with Gasteiger partial charge in [-0.05, 0) is 24.6 Å². The second kappa shape index (κ2) is 7.93. The summed E-state index contributed by atoms with van der Waals surface area (Å²) in [5.41, 5.74) is 1.68. The summed E-state index contributed by atoms with van der Waals surface area (Å²) in [4.78, 5) is 24.9. The zero-order valence-electron chi connectivity index (χ0n) is 14.0. The maximum atomic E-state index is 13.8. The SMILES string of the molecule is CCOC(=O)c1c(-c2ccccc2)csc1NC(=O)c1ccccc1F. The lowest BCUT2D eigenvalue weighted by Gasteiger charge is -2.09. The molecule has 26 heavy (non-hydrogen) atoms. The number of carbonyl (C=O) groups is 2. The van der Waals surface area contributed by atoms with Crippen molar-refractivity contribution in [1.29, 1.82) is 0 Å². The third kappa shape index (κ3) is 3.65. The molecule has 3 rings (SSSR count). The molecule has 0 radical (unpaired) electrons. The smallest absolute Gasteiger partial charge is 0.341 e. The topological polar surface area (TPSA) is 55.4 Å². The van der Waals surface area contributed by atoms with E-state index in [1.54, 1.807) is 18.4 Å². The van der Waals surface area contributed by atoms with Crippen molar-refractivity contribution in [3.63, 3.8) is 0 Å². The molecular weight excluding hydrogens is 353 g/mol. The molecule has 0 aliphatic rings. The number of benzene rings is 2. The van der Waals surface area contributed by atoms with Gasteiger partial charge in [-0.25, -0.2) is 9.18 Å². The highest BCUT2D eigenvalue weighted by Gasteiger charge is 2.23. The first-order chi connectivity index (χ1) is 12.6. The van der Waals surface area contributed by atoms with Gasteiger partial charge in [0.05, 0.1) is 12.2 Å². The van der Waals surface area contributed by atoms with Gasteiger partial charge < -0.3 is 10.1 Å². The van der Waals surface area contributed by atoms with Gasteiger partial charge >= 0.3 is 5.97 Å². The summed E-state index contributed by atoms with van der Waals surface area (Å²) in [6.45, 7) is 1.92. The molecule has 132 valence electrons. The molecule has 3 aromatic rings. The largest absolute Gasteiger partial charge is 0.462 e. The van der Waals surface area contributed by atoms with Gasteiger partial charge in [-0.2, -0.15) is 0 Å². The molecule has 0 unspecified atom stereocenters. The molecule has 0 aliphatic heterocycles. The zero-order chi connectivity index (χ0) is 18.5. The molecule has 0 bridgehead atoms. The van der Waals surface area contributed by atoms with Crippen LogP contribution in [0.15, 0.2) is 60.0 Å². The van der Waals surface area contributed by atoms with Crippen molar-refractivity contribution in [3.8, 4) is 11.1 Å². The maximum absolute atomic E-state index is 13.8. The summed E-state index contributed by atoms with van der Waals surface area (Å²) in [6, 6.07) is 15.0. The Kier molecular flexibility index (Phi) is 5.43. The fourth-order valence-corrected chi connectivity index (χ4v) is 3.45. The van der Waals surface area contributed by atoms with Crippen molar-refractivity contribution in [2.75, 3.05) is 11.9 Å². The maximum Gasteiger partial charge on any atom is 0.341 e. The molecule has 0 saturated heterocycles. The molecule has 0 spiro atoms. The van der Waals surface area contributed by atoms with E-state index in [-0.39, 0.29) is 17.7 Å². The molecule has 0 aliphatic carbocycles. The fourth-order valence-electron chi connectivity index (χ4n) is 2.50. The van der Waals surface area contributed by atoms with Crippen LogP contribution in [-0.2, 0) is 4.74 Å².